The first-order valence-electron chi connectivity index (χ1n) is 9.99. The van der Waals surface area contributed by atoms with Gasteiger partial charge in [0, 0.05) is 6.04 Å². The molecule has 0 saturated carbocycles. The van der Waals surface area contributed by atoms with Gasteiger partial charge in [-0.05, 0) is 55.3 Å². The number of hydrogen-bond donors (Lipinski definition) is 0. The molecule has 166 valence electrons. The third-order valence-corrected chi connectivity index (χ3v) is 5.23. The Hall–Kier alpha value is -3.26. The molecular weight excluding hydrogens is 398 g/mol. The monoisotopic (exact) mass is 427 g/mol. The van der Waals surface area contributed by atoms with Crippen LogP contribution in [0.1, 0.15) is 31.1 Å². The topological polar surface area (TPSA) is 72.8 Å². The minimum absolute atomic E-state index is 0.0785. The lowest BCUT2D eigenvalue weighted by molar-refractivity contribution is -0.128. The predicted molar refractivity (Wildman–Crippen MR) is 118 cm³/mol. The molecule has 0 unspecified atom stereocenters. The highest BCUT2D eigenvalue weighted by molar-refractivity contribution is 5.85. The molecule has 1 atom stereocenters. The molecule has 0 N–H and O–H groups in total. The van der Waals surface area contributed by atoms with Crippen molar-refractivity contribution in [1.82, 2.24) is 9.91 Å². The van der Waals surface area contributed by atoms with Crippen LogP contribution < -0.4 is 18.9 Å². The molecule has 1 aliphatic heterocycles. The number of carbonyl (C=O) groups is 1. The zero-order chi connectivity index (χ0) is 22.5. The molecule has 1 saturated heterocycles. The first-order chi connectivity index (χ1) is 14.9. The van der Waals surface area contributed by atoms with Crippen LogP contribution in [-0.2, 0) is 4.79 Å². The Labute approximate surface area is 182 Å². The van der Waals surface area contributed by atoms with Gasteiger partial charge in [-0.25, -0.2) is 5.01 Å². The Balaban J connectivity index is 1.97. The summed E-state index contributed by atoms with van der Waals surface area (Å²) in [7, 11) is 6.35. The molecule has 2 aromatic rings. The summed E-state index contributed by atoms with van der Waals surface area (Å²) in [5.41, 5.74) is 1.68. The van der Waals surface area contributed by atoms with Crippen molar-refractivity contribution in [1.29, 1.82) is 0 Å². The average Bonchev–Trinajstić information content (AvgIpc) is 3.13. The van der Waals surface area contributed by atoms with E-state index in [0.717, 1.165) is 11.1 Å². The van der Waals surface area contributed by atoms with Crippen molar-refractivity contribution >= 4 is 12.1 Å². The van der Waals surface area contributed by atoms with Gasteiger partial charge in [0.2, 0.25) is 0 Å². The molecule has 1 amide bonds. The van der Waals surface area contributed by atoms with Crippen LogP contribution in [0.25, 0.3) is 0 Å². The van der Waals surface area contributed by atoms with Crippen molar-refractivity contribution in [2.24, 2.45) is 5.10 Å². The second-order valence-electron chi connectivity index (χ2n) is 7.35. The Kier molecular flexibility index (Phi) is 7.02. The minimum atomic E-state index is -0.358. The van der Waals surface area contributed by atoms with E-state index < -0.39 is 0 Å². The molecule has 8 heteroatoms. The van der Waals surface area contributed by atoms with Gasteiger partial charge < -0.3 is 18.9 Å². The number of amides is 1. The molecule has 0 aromatic heterocycles. The summed E-state index contributed by atoms with van der Waals surface area (Å²) in [5, 5.41) is 6.05. The maximum Gasteiger partial charge on any atom is 0.258 e. The number of benzene rings is 2. The highest BCUT2D eigenvalue weighted by atomic mass is 16.5. The van der Waals surface area contributed by atoms with Gasteiger partial charge in [0.25, 0.3) is 5.91 Å². The summed E-state index contributed by atoms with van der Waals surface area (Å²) in [5.74, 6) is 2.38. The van der Waals surface area contributed by atoms with Crippen LogP contribution >= 0.6 is 0 Å². The third-order valence-electron chi connectivity index (χ3n) is 5.23. The van der Waals surface area contributed by atoms with Gasteiger partial charge in [-0.15, -0.1) is 0 Å². The minimum Gasteiger partial charge on any atom is -0.493 e. The zero-order valence-electron chi connectivity index (χ0n) is 18.8. The highest BCUT2D eigenvalue weighted by Gasteiger charge is 2.40. The second kappa shape index (κ2) is 9.70. The van der Waals surface area contributed by atoms with E-state index >= 15 is 0 Å². The lowest BCUT2D eigenvalue weighted by Gasteiger charge is -2.30. The molecule has 31 heavy (non-hydrogen) atoms. The van der Waals surface area contributed by atoms with Gasteiger partial charge in [0.1, 0.15) is 6.17 Å². The van der Waals surface area contributed by atoms with Crippen LogP contribution in [0.15, 0.2) is 41.5 Å². The van der Waals surface area contributed by atoms with Crippen LogP contribution in [0.5, 0.6) is 23.0 Å². The molecule has 1 heterocycles. The second-order valence-corrected chi connectivity index (χ2v) is 7.35. The molecule has 1 fully saturated rings. The lowest BCUT2D eigenvalue weighted by Crippen LogP contribution is -2.33. The third kappa shape index (κ3) is 4.59. The lowest BCUT2D eigenvalue weighted by atomic mass is 10.1. The van der Waals surface area contributed by atoms with Gasteiger partial charge in [-0.2, -0.15) is 5.10 Å². The van der Waals surface area contributed by atoms with Crippen molar-refractivity contribution in [3.63, 3.8) is 0 Å². The summed E-state index contributed by atoms with van der Waals surface area (Å²) in [6, 6.07) is 11.3. The van der Waals surface area contributed by atoms with E-state index in [0.29, 0.717) is 23.0 Å². The SMILES string of the molecule is COc1ccc(/C=N\N2C(=O)CN(C(C)C)[C@H]2c2ccc(OC)c(OC)c2)cc1OC. The maximum absolute atomic E-state index is 12.9. The normalized spacial score (nSPS) is 16.9. The Bertz CT molecular complexity index is 960. The van der Waals surface area contributed by atoms with E-state index in [1.807, 2.05) is 30.3 Å². The van der Waals surface area contributed by atoms with Crippen molar-refractivity contribution in [3.8, 4) is 23.0 Å². The number of nitrogens with zero attached hydrogens (tertiary/aromatic N) is 3. The summed E-state index contributed by atoms with van der Waals surface area (Å²) in [6.45, 7) is 4.39. The van der Waals surface area contributed by atoms with Crippen molar-refractivity contribution in [3.05, 3.63) is 47.5 Å². The van der Waals surface area contributed by atoms with Crippen LogP contribution in [-0.4, -0.2) is 63.1 Å². The van der Waals surface area contributed by atoms with Gasteiger partial charge in [0.15, 0.2) is 23.0 Å². The summed E-state index contributed by atoms with van der Waals surface area (Å²) >= 11 is 0. The molecule has 3 rings (SSSR count). The van der Waals surface area contributed by atoms with Crippen molar-refractivity contribution in [2.75, 3.05) is 35.0 Å². The van der Waals surface area contributed by atoms with Gasteiger partial charge in [-0.1, -0.05) is 6.07 Å². The van der Waals surface area contributed by atoms with Crippen LogP contribution in [0, 0.1) is 0 Å². The van der Waals surface area contributed by atoms with Crippen molar-refractivity contribution < 1.29 is 23.7 Å². The fraction of sp³-hybridized carbons (Fsp3) is 0.391. The first-order valence-corrected chi connectivity index (χ1v) is 9.99. The maximum atomic E-state index is 12.9. The van der Waals surface area contributed by atoms with E-state index in [2.05, 4.69) is 23.8 Å². The predicted octanol–water partition coefficient (Wildman–Crippen LogP) is 3.31. The fourth-order valence-corrected chi connectivity index (χ4v) is 3.59. The quantitative estimate of drug-likeness (QED) is 0.602. The van der Waals surface area contributed by atoms with E-state index in [1.165, 1.54) is 5.01 Å². The average molecular weight is 428 g/mol. The smallest absolute Gasteiger partial charge is 0.258 e. The van der Waals surface area contributed by atoms with Crippen LogP contribution in [0.4, 0.5) is 0 Å². The first kappa shape index (κ1) is 22.4. The number of methoxy groups -OCH3 is 4. The fourth-order valence-electron chi connectivity index (χ4n) is 3.59. The summed E-state index contributed by atoms with van der Waals surface area (Å²) in [6.07, 6.45) is 1.29. The molecule has 0 radical (unpaired) electrons. The van der Waals surface area contributed by atoms with Crippen molar-refractivity contribution in [2.45, 2.75) is 26.1 Å². The molecule has 1 aliphatic rings. The number of ether oxygens (including phenoxy) is 4. The Morgan fingerprint density at radius 2 is 1.48 bits per heavy atom. The van der Waals surface area contributed by atoms with E-state index in [-0.39, 0.29) is 24.7 Å². The largest absolute Gasteiger partial charge is 0.493 e. The molecule has 0 bridgehead atoms. The Morgan fingerprint density at radius 3 is 2.06 bits per heavy atom. The van der Waals surface area contributed by atoms with Crippen LogP contribution in [0.2, 0.25) is 0 Å². The molecular formula is C23H29N3O5. The number of rotatable bonds is 8. The zero-order valence-corrected chi connectivity index (χ0v) is 18.8. The van der Waals surface area contributed by atoms with Gasteiger partial charge >= 0.3 is 0 Å². The number of hydrazone groups is 1. The summed E-state index contributed by atoms with van der Waals surface area (Å²) < 4.78 is 21.4. The standard InChI is InChI=1S/C23H29N3O5/c1-15(2)25-14-22(27)26(23(25)17-8-10-19(29-4)21(12-17)31-6)24-13-16-7-9-18(28-3)20(11-16)30-5/h7-13,15,23H,14H2,1-6H3/b24-13-/t23-/m1/s1. The van der Waals surface area contributed by atoms with E-state index in [1.54, 1.807) is 40.7 Å². The number of hydrogen-bond acceptors (Lipinski definition) is 7. The van der Waals surface area contributed by atoms with Gasteiger partial charge in [0.05, 0.1) is 41.2 Å². The summed E-state index contributed by atoms with van der Waals surface area (Å²) in [4.78, 5) is 15.0. The van der Waals surface area contributed by atoms with Crippen LogP contribution in [0.3, 0.4) is 0 Å². The van der Waals surface area contributed by atoms with Gasteiger partial charge in [-0.3, -0.25) is 9.69 Å². The Morgan fingerprint density at radius 1 is 0.903 bits per heavy atom. The highest BCUT2D eigenvalue weighted by Crippen LogP contribution is 2.37. The molecule has 8 nitrogen and oxygen atoms in total. The van der Waals surface area contributed by atoms with E-state index in [9.17, 15) is 4.79 Å². The molecule has 0 spiro atoms. The molecule has 0 aliphatic carbocycles. The number of carbonyl (C=O) groups excluding carboxylic acids is 1. The molecule has 2 aromatic carbocycles. The van der Waals surface area contributed by atoms with E-state index in [4.69, 9.17) is 18.9 Å².